The molecule has 0 fully saturated rings. The van der Waals surface area contributed by atoms with E-state index in [0.29, 0.717) is 0 Å². The summed E-state index contributed by atoms with van der Waals surface area (Å²) in [7, 11) is 0. The van der Waals surface area contributed by atoms with Crippen LogP contribution in [0.2, 0.25) is 0 Å². The summed E-state index contributed by atoms with van der Waals surface area (Å²) < 4.78 is 4.75. The molecule has 0 aliphatic heterocycles. The van der Waals surface area contributed by atoms with Gasteiger partial charge in [0.2, 0.25) is 0 Å². The van der Waals surface area contributed by atoms with Gasteiger partial charge in [-0.1, -0.05) is 145 Å². The molecule has 0 bridgehead atoms. The monoisotopic (exact) mass is 690 g/mol. The minimum Gasteiger partial charge on any atom is -0.309 e. The molecule has 0 saturated carbocycles. The number of benzene rings is 8. The van der Waals surface area contributed by atoms with Crippen LogP contribution < -0.4 is 0 Å². The van der Waals surface area contributed by atoms with Crippen molar-refractivity contribution in [3.8, 4) is 33.6 Å². The molecule has 0 aliphatic carbocycles. The van der Waals surface area contributed by atoms with Gasteiger partial charge in [0.1, 0.15) is 0 Å². The number of rotatable bonds is 6. The van der Waals surface area contributed by atoms with E-state index in [-0.39, 0.29) is 0 Å². The summed E-state index contributed by atoms with van der Waals surface area (Å²) in [5.74, 6) is 0. The fourth-order valence-corrected chi connectivity index (χ4v) is 8.10. The summed E-state index contributed by atoms with van der Waals surface area (Å²) in [6.45, 7) is 4.33. The Morgan fingerprint density at radius 2 is 0.648 bits per heavy atom. The van der Waals surface area contributed by atoms with Gasteiger partial charge in [0.25, 0.3) is 0 Å². The molecule has 0 N–H and O–H groups in total. The molecule has 2 heteroatoms. The van der Waals surface area contributed by atoms with Crippen LogP contribution in [-0.2, 0) is 0 Å². The van der Waals surface area contributed by atoms with Crippen LogP contribution >= 0.6 is 0 Å². The molecule has 0 saturated heterocycles. The number of aryl methyl sites for hydroxylation is 2. The molecule has 256 valence electrons. The van der Waals surface area contributed by atoms with E-state index in [0.717, 1.165) is 0 Å². The Hall–Kier alpha value is -6.90. The summed E-state index contributed by atoms with van der Waals surface area (Å²) in [5, 5.41) is 5.17. The van der Waals surface area contributed by atoms with Crippen molar-refractivity contribution < 1.29 is 0 Å². The third-order valence-corrected chi connectivity index (χ3v) is 10.9. The highest BCUT2D eigenvalue weighted by Crippen LogP contribution is 2.35. The lowest BCUT2D eigenvalue weighted by atomic mass is 10.0. The van der Waals surface area contributed by atoms with Crippen LogP contribution in [-0.4, -0.2) is 9.13 Å². The van der Waals surface area contributed by atoms with Crippen molar-refractivity contribution >= 4 is 55.8 Å². The molecule has 10 aromatic rings. The van der Waals surface area contributed by atoms with Gasteiger partial charge >= 0.3 is 0 Å². The molecule has 0 atom stereocenters. The molecular weight excluding hydrogens is 653 g/mol. The second kappa shape index (κ2) is 12.9. The molecule has 10 rings (SSSR count). The largest absolute Gasteiger partial charge is 0.309 e. The zero-order valence-electron chi connectivity index (χ0n) is 30.4. The number of para-hydroxylation sites is 2. The van der Waals surface area contributed by atoms with Gasteiger partial charge in [0, 0.05) is 32.9 Å². The van der Waals surface area contributed by atoms with Crippen molar-refractivity contribution in [2.75, 3.05) is 0 Å². The van der Waals surface area contributed by atoms with Crippen LogP contribution in [0.25, 0.3) is 89.4 Å². The predicted octanol–water partition coefficient (Wildman–Crippen LogP) is 14.0. The molecule has 0 spiro atoms. The maximum atomic E-state index is 2.39. The minimum absolute atomic E-state index is 1.17. The Kier molecular flexibility index (Phi) is 7.63. The zero-order chi connectivity index (χ0) is 36.2. The van der Waals surface area contributed by atoms with Crippen LogP contribution in [0.1, 0.15) is 22.3 Å². The van der Waals surface area contributed by atoms with Crippen molar-refractivity contribution in [2.24, 2.45) is 0 Å². The van der Waals surface area contributed by atoms with Crippen LogP contribution in [0.3, 0.4) is 0 Å². The number of hydrogen-bond donors (Lipinski definition) is 0. The Labute approximate surface area is 315 Å². The van der Waals surface area contributed by atoms with Crippen molar-refractivity contribution in [1.29, 1.82) is 0 Å². The summed E-state index contributed by atoms with van der Waals surface area (Å²) >= 11 is 0. The molecule has 2 heterocycles. The minimum atomic E-state index is 1.17. The molecule has 0 aliphatic rings. The predicted molar refractivity (Wildman–Crippen MR) is 231 cm³/mol. The molecule has 54 heavy (non-hydrogen) atoms. The van der Waals surface area contributed by atoms with Crippen LogP contribution in [0.4, 0.5) is 0 Å². The number of aromatic nitrogens is 2. The van der Waals surface area contributed by atoms with Crippen LogP contribution in [0.15, 0.2) is 182 Å². The third kappa shape index (κ3) is 5.52. The van der Waals surface area contributed by atoms with Crippen LogP contribution in [0.5, 0.6) is 0 Å². The van der Waals surface area contributed by atoms with E-state index in [1.165, 1.54) is 99.5 Å². The Bertz CT molecular complexity index is 2900. The summed E-state index contributed by atoms with van der Waals surface area (Å²) in [5.41, 5.74) is 17.0. The lowest BCUT2D eigenvalue weighted by Crippen LogP contribution is -1.93. The van der Waals surface area contributed by atoms with Gasteiger partial charge in [-0.3, -0.25) is 0 Å². The van der Waals surface area contributed by atoms with Gasteiger partial charge in [-0.15, -0.1) is 0 Å². The molecular formula is C52H38N2. The summed E-state index contributed by atoms with van der Waals surface area (Å²) in [4.78, 5) is 0. The van der Waals surface area contributed by atoms with E-state index < -0.39 is 0 Å². The lowest BCUT2D eigenvalue weighted by molar-refractivity contribution is 1.18. The first-order valence-electron chi connectivity index (χ1n) is 18.7. The first-order chi connectivity index (χ1) is 26.6. The van der Waals surface area contributed by atoms with E-state index in [1.54, 1.807) is 0 Å². The first kappa shape index (κ1) is 31.8. The molecule has 8 aromatic carbocycles. The molecule has 2 nitrogen and oxygen atoms in total. The van der Waals surface area contributed by atoms with Gasteiger partial charge in [0.05, 0.1) is 22.1 Å². The Morgan fingerprint density at radius 1 is 0.315 bits per heavy atom. The normalized spacial score (nSPS) is 11.8. The van der Waals surface area contributed by atoms with Gasteiger partial charge in [-0.2, -0.15) is 0 Å². The van der Waals surface area contributed by atoms with Gasteiger partial charge in [-0.05, 0) is 108 Å². The zero-order valence-corrected chi connectivity index (χ0v) is 30.4. The molecule has 0 amide bonds. The first-order valence-corrected chi connectivity index (χ1v) is 18.7. The second-order valence-electron chi connectivity index (χ2n) is 14.4. The third-order valence-electron chi connectivity index (χ3n) is 10.9. The van der Waals surface area contributed by atoms with E-state index in [1.807, 2.05) is 0 Å². The van der Waals surface area contributed by atoms with E-state index in [9.17, 15) is 0 Å². The van der Waals surface area contributed by atoms with Crippen molar-refractivity contribution in [3.63, 3.8) is 0 Å². The van der Waals surface area contributed by atoms with Gasteiger partial charge in [0.15, 0.2) is 0 Å². The Balaban J connectivity index is 0.846. The van der Waals surface area contributed by atoms with Crippen LogP contribution in [0, 0.1) is 13.8 Å². The van der Waals surface area contributed by atoms with Crippen molar-refractivity contribution in [2.45, 2.75) is 13.8 Å². The topological polar surface area (TPSA) is 9.86 Å². The fraction of sp³-hybridized carbons (Fsp3) is 0.0385. The second-order valence-corrected chi connectivity index (χ2v) is 14.4. The summed E-state index contributed by atoms with van der Waals surface area (Å²) in [6.07, 6.45) is 4.38. The average molecular weight is 691 g/mol. The fourth-order valence-electron chi connectivity index (χ4n) is 8.10. The van der Waals surface area contributed by atoms with E-state index in [4.69, 9.17) is 0 Å². The van der Waals surface area contributed by atoms with Crippen molar-refractivity contribution in [1.82, 2.24) is 9.13 Å². The lowest BCUT2D eigenvalue weighted by Gasteiger charge is -2.10. The van der Waals surface area contributed by atoms with Gasteiger partial charge in [-0.25, -0.2) is 0 Å². The van der Waals surface area contributed by atoms with Crippen molar-refractivity contribution in [3.05, 3.63) is 204 Å². The highest BCUT2D eigenvalue weighted by Gasteiger charge is 2.14. The maximum Gasteiger partial charge on any atom is 0.0541 e. The SMILES string of the molecule is Cc1ccc2c(c1)c1cc(C)ccc1n2-c1ccc(-c2ccc(C=Cc3ccc(-c4ccc(-n5c6ccccc6c6ccccc65)cc4)cc3)cc2)cc1. The molecule has 0 radical (unpaired) electrons. The van der Waals surface area contributed by atoms with E-state index >= 15 is 0 Å². The van der Waals surface area contributed by atoms with Gasteiger partial charge < -0.3 is 9.13 Å². The standard InChI is InChI=1S/C52H38N2/c1-35-11-31-51-47(33-35)48-34-36(2)12-32-52(48)54(51)44-29-25-42(26-30-44)40-21-17-38(18-22-40)14-13-37-15-19-39(20-16-37)41-23-27-43(28-24-41)53-49-9-5-3-7-45(49)46-8-4-6-10-50(46)53/h3-34H,1-2H3. The highest BCUT2D eigenvalue weighted by atomic mass is 15.0. The molecule has 2 aromatic heterocycles. The summed E-state index contributed by atoms with van der Waals surface area (Å²) in [6, 6.07) is 66.3. The quantitative estimate of drug-likeness (QED) is 0.154. The number of hydrogen-bond acceptors (Lipinski definition) is 0. The van der Waals surface area contributed by atoms with E-state index in [2.05, 4.69) is 217 Å². The maximum absolute atomic E-state index is 2.39. The molecule has 0 unspecified atom stereocenters. The number of nitrogens with zero attached hydrogens (tertiary/aromatic N) is 2. The number of fused-ring (bicyclic) bond motifs is 6. The smallest absolute Gasteiger partial charge is 0.0541 e. The highest BCUT2D eigenvalue weighted by molar-refractivity contribution is 6.10. The average Bonchev–Trinajstić information content (AvgIpc) is 3.73. The Morgan fingerprint density at radius 3 is 1.04 bits per heavy atom.